The molecule has 132 valence electrons. The second kappa shape index (κ2) is 8.92. The van der Waals surface area contributed by atoms with E-state index in [1.165, 1.54) is 0 Å². The van der Waals surface area contributed by atoms with Crippen molar-refractivity contribution in [1.82, 2.24) is 0 Å². The van der Waals surface area contributed by atoms with Crippen LogP contribution >= 0.6 is 0 Å². The third-order valence-electron chi connectivity index (χ3n) is 4.04. The predicted molar refractivity (Wildman–Crippen MR) is 103 cm³/mol. The number of carbonyl (C=O) groups excluding carboxylic acids is 1. The summed E-state index contributed by atoms with van der Waals surface area (Å²) in [4.78, 5) is 12.4. The maximum atomic E-state index is 12.4. The van der Waals surface area contributed by atoms with Crippen LogP contribution in [0.5, 0.6) is 11.5 Å². The van der Waals surface area contributed by atoms with Gasteiger partial charge in [0.1, 0.15) is 11.5 Å². The normalized spacial score (nSPS) is 10.7. The molecule has 0 aliphatic carbocycles. The van der Waals surface area contributed by atoms with E-state index in [0.717, 1.165) is 35.4 Å². The molecule has 2 aromatic carbocycles. The maximum absolute atomic E-state index is 12.4. The fraction of sp³-hybridized carbons (Fsp3) is 0.286. The van der Waals surface area contributed by atoms with E-state index in [9.17, 15) is 4.79 Å². The lowest BCUT2D eigenvalue weighted by Gasteiger charge is -2.14. The molecular formula is C21H25NO3. The van der Waals surface area contributed by atoms with Gasteiger partial charge in [-0.05, 0) is 54.5 Å². The van der Waals surface area contributed by atoms with E-state index in [-0.39, 0.29) is 5.78 Å². The van der Waals surface area contributed by atoms with Crippen LogP contribution < -0.4 is 14.8 Å². The van der Waals surface area contributed by atoms with Gasteiger partial charge in [0.2, 0.25) is 0 Å². The summed E-state index contributed by atoms with van der Waals surface area (Å²) in [5, 5.41) is 3.04. The number of hydrogen-bond acceptors (Lipinski definition) is 4. The molecule has 0 spiro atoms. The lowest BCUT2D eigenvalue weighted by molar-refractivity contribution is 0.104. The van der Waals surface area contributed by atoms with Crippen molar-refractivity contribution >= 4 is 17.5 Å². The molecule has 0 radical (unpaired) electrons. The quantitative estimate of drug-likeness (QED) is 0.564. The molecular weight excluding hydrogens is 314 g/mol. The molecule has 0 amide bonds. The van der Waals surface area contributed by atoms with Gasteiger partial charge in [0, 0.05) is 18.3 Å². The largest absolute Gasteiger partial charge is 0.496 e. The number of allylic oxidation sites excluding steroid dienone is 1. The molecule has 0 fully saturated rings. The number of carbonyl (C=O) groups is 1. The van der Waals surface area contributed by atoms with Crippen LogP contribution in [0.3, 0.4) is 0 Å². The molecule has 25 heavy (non-hydrogen) atoms. The van der Waals surface area contributed by atoms with Crippen molar-refractivity contribution in [3.8, 4) is 11.5 Å². The zero-order chi connectivity index (χ0) is 18.2. The first kappa shape index (κ1) is 18.6. The maximum Gasteiger partial charge on any atom is 0.185 e. The summed E-state index contributed by atoms with van der Waals surface area (Å²) in [5.41, 5.74) is 3.50. The number of ketones is 1. The van der Waals surface area contributed by atoms with Crippen LogP contribution in [0.2, 0.25) is 0 Å². The summed E-state index contributed by atoms with van der Waals surface area (Å²) in [7, 11) is 5.10. The lowest BCUT2D eigenvalue weighted by Crippen LogP contribution is -1.99. The Balaban J connectivity index is 2.34. The smallest absolute Gasteiger partial charge is 0.185 e. The molecule has 0 aromatic heterocycles. The van der Waals surface area contributed by atoms with Gasteiger partial charge in [-0.1, -0.05) is 19.4 Å². The number of methoxy groups -OCH3 is 2. The molecule has 2 aromatic rings. The minimum absolute atomic E-state index is 0.0624. The molecule has 0 saturated heterocycles. The molecule has 0 atom stereocenters. The summed E-state index contributed by atoms with van der Waals surface area (Å²) in [5.74, 6) is 1.38. The van der Waals surface area contributed by atoms with Gasteiger partial charge in [0.15, 0.2) is 5.78 Å². The zero-order valence-corrected chi connectivity index (χ0v) is 15.3. The van der Waals surface area contributed by atoms with Crippen LogP contribution in [-0.2, 0) is 6.42 Å². The minimum atomic E-state index is -0.0624. The van der Waals surface area contributed by atoms with Gasteiger partial charge >= 0.3 is 0 Å². The van der Waals surface area contributed by atoms with Crippen molar-refractivity contribution < 1.29 is 14.3 Å². The minimum Gasteiger partial charge on any atom is -0.496 e. The average molecular weight is 339 g/mol. The molecule has 4 nitrogen and oxygen atoms in total. The van der Waals surface area contributed by atoms with Crippen LogP contribution in [-0.4, -0.2) is 27.1 Å². The Hall–Kier alpha value is -2.75. The number of aryl methyl sites for hydroxylation is 1. The zero-order valence-electron chi connectivity index (χ0n) is 15.3. The van der Waals surface area contributed by atoms with Crippen LogP contribution in [0.1, 0.15) is 34.8 Å². The average Bonchev–Trinajstić information content (AvgIpc) is 2.66. The molecule has 0 heterocycles. The highest BCUT2D eigenvalue weighted by molar-refractivity contribution is 6.07. The van der Waals surface area contributed by atoms with Gasteiger partial charge < -0.3 is 14.8 Å². The number of benzene rings is 2. The molecule has 1 N–H and O–H groups in total. The number of ether oxygens (including phenoxy) is 2. The van der Waals surface area contributed by atoms with Crippen molar-refractivity contribution in [3.05, 3.63) is 59.2 Å². The van der Waals surface area contributed by atoms with E-state index in [0.29, 0.717) is 11.3 Å². The van der Waals surface area contributed by atoms with Gasteiger partial charge in [-0.3, -0.25) is 4.79 Å². The van der Waals surface area contributed by atoms with Crippen LogP contribution in [0, 0.1) is 0 Å². The molecule has 4 heteroatoms. The highest BCUT2D eigenvalue weighted by atomic mass is 16.5. The number of anilines is 1. The second-order valence-corrected chi connectivity index (χ2v) is 5.65. The summed E-state index contributed by atoms with van der Waals surface area (Å²) >= 11 is 0. The number of hydrogen-bond donors (Lipinski definition) is 1. The Morgan fingerprint density at radius 2 is 1.80 bits per heavy atom. The van der Waals surface area contributed by atoms with Crippen molar-refractivity contribution in [1.29, 1.82) is 0 Å². The number of rotatable bonds is 8. The van der Waals surface area contributed by atoms with Crippen molar-refractivity contribution in [2.75, 3.05) is 26.6 Å². The van der Waals surface area contributed by atoms with E-state index < -0.39 is 0 Å². The third-order valence-corrected chi connectivity index (χ3v) is 4.04. The van der Waals surface area contributed by atoms with Crippen molar-refractivity contribution in [2.24, 2.45) is 0 Å². The molecule has 0 bridgehead atoms. The van der Waals surface area contributed by atoms with Crippen molar-refractivity contribution in [2.45, 2.75) is 19.8 Å². The topological polar surface area (TPSA) is 47.6 Å². The third kappa shape index (κ3) is 4.41. The Kier molecular flexibility index (Phi) is 6.63. The second-order valence-electron chi connectivity index (χ2n) is 5.65. The number of nitrogens with one attached hydrogen (secondary N) is 1. The Morgan fingerprint density at radius 3 is 2.36 bits per heavy atom. The summed E-state index contributed by atoms with van der Waals surface area (Å²) in [6.07, 6.45) is 5.26. The standard InChI is InChI=1S/C21H25NO3/c1-5-6-16-9-14-20(24-3)18(21(16)25-4)12-13-19(23)15-7-10-17(22-2)11-8-15/h7-14,22H,5-6H2,1-4H3/b13-12+. The Bertz CT molecular complexity index is 748. The molecule has 0 aliphatic heterocycles. The fourth-order valence-electron chi connectivity index (χ4n) is 2.73. The first-order valence-corrected chi connectivity index (χ1v) is 8.38. The highest BCUT2D eigenvalue weighted by Gasteiger charge is 2.13. The van der Waals surface area contributed by atoms with E-state index in [1.54, 1.807) is 38.5 Å². The van der Waals surface area contributed by atoms with E-state index in [2.05, 4.69) is 12.2 Å². The van der Waals surface area contributed by atoms with Gasteiger partial charge in [-0.25, -0.2) is 0 Å². The van der Waals surface area contributed by atoms with Crippen LogP contribution in [0.15, 0.2) is 42.5 Å². The molecule has 2 rings (SSSR count). The fourth-order valence-corrected chi connectivity index (χ4v) is 2.73. The monoisotopic (exact) mass is 339 g/mol. The first-order chi connectivity index (χ1) is 12.1. The van der Waals surface area contributed by atoms with Crippen LogP contribution in [0.25, 0.3) is 6.08 Å². The Morgan fingerprint density at radius 1 is 1.08 bits per heavy atom. The van der Waals surface area contributed by atoms with Crippen LogP contribution in [0.4, 0.5) is 5.69 Å². The molecule has 0 unspecified atom stereocenters. The highest BCUT2D eigenvalue weighted by Crippen LogP contribution is 2.34. The Labute approximate surface area is 149 Å². The molecule has 0 saturated carbocycles. The summed E-state index contributed by atoms with van der Waals surface area (Å²) < 4.78 is 11.0. The van der Waals surface area contributed by atoms with E-state index in [1.807, 2.05) is 31.3 Å². The predicted octanol–water partition coefficient (Wildman–Crippen LogP) is 4.59. The molecule has 0 aliphatic rings. The summed E-state index contributed by atoms with van der Waals surface area (Å²) in [6.45, 7) is 2.12. The lowest BCUT2D eigenvalue weighted by atomic mass is 10.0. The van der Waals surface area contributed by atoms with Gasteiger partial charge in [0.05, 0.1) is 19.8 Å². The van der Waals surface area contributed by atoms with E-state index >= 15 is 0 Å². The SMILES string of the molecule is CCCc1ccc(OC)c(/C=C/C(=O)c2ccc(NC)cc2)c1OC. The summed E-state index contributed by atoms with van der Waals surface area (Å²) in [6, 6.07) is 11.3. The van der Waals surface area contributed by atoms with Gasteiger partial charge in [0.25, 0.3) is 0 Å². The van der Waals surface area contributed by atoms with Gasteiger partial charge in [-0.15, -0.1) is 0 Å². The van der Waals surface area contributed by atoms with E-state index in [4.69, 9.17) is 9.47 Å². The van der Waals surface area contributed by atoms with Gasteiger partial charge in [-0.2, -0.15) is 0 Å². The first-order valence-electron chi connectivity index (χ1n) is 8.38. The van der Waals surface area contributed by atoms with Crippen molar-refractivity contribution in [3.63, 3.8) is 0 Å².